The Bertz CT molecular complexity index is 780. The predicted octanol–water partition coefficient (Wildman–Crippen LogP) is 4.03. The molecule has 0 aliphatic rings. The summed E-state index contributed by atoms with van der Waals surface area (Å²) >= 11 is 11.8. The maximum absolute atomic E-state index is 12.4. The average molecular weight is 291 g/mol. The topological polar surface area (TPSA) is 34.9 Å². The number of nitrogens with zero attached hydrogens (tertiary/aromatic N) is 2. The summed E-state index contributed by atoms with van der Waals surface area (Å²) in [6.07, 6.45) is 1.51. The molecule has 1 aromatic heterocycles. The molecule has 0 radical (unpaired) electrons. The number of hydrogen-bond acceptors (Lipinski definition) is 2. The van der Waals surface area contributed by atoms with Crippen LogP contribution in [0.15, 0.2) is 48.8 Å². The molecule has 19 heavy (non-hydrogen) atoms. The number of fused-ring (bicyclic) bond motifs is 1. The number of carbonyl (C=O) groups is 1. The molecule has 0 bridgehead atoms. The van der Waals surface area contributed by atoms with Gasteiger partial charge in [0.25, 0.3) is 5.91 Å². The van der Waals surface area contributed by atoms with E-state index in [2.05, 4.69) is 4.98 Å². The average Bonchev–Trinajstić information content (AvgIpc) is 2.85. The Kier molecular flexibility index (Phi) is 3.01. The molecule has 0 amide bonds. The summed E-state index contributed by atoms with van der Waals surface area (Å²) in [5.74, 6) is -0.188. The Balaban J connectivity index is 2.11. The maximum Gasteiger partial charge on any atom is 0.263 e. The number of para-hydroxylation sites is 2. The summed E-state index contributed by atoms with van der Waals surface area (Å²) < 4.78 is 1.49. The second-order valence-corrected chi connectivity index (χ2v) is 4.85. The second-order valence-electron chi connectivity index (χ2n) is 4.04. The number of imidazole rings is 1. The van der Waals surface area contributed by atoms with Crippen LogP contribution in [0.4, 0.5) is 0 Å². The molecule has 3 rings (SSSR count). The van der Waals surface area contributed by atoms with Gasteiger partial charge < -0.3 is 0 Å². The molecule has 5 heteroatoms. The lowest BCUT2D eigenvalue weighted by Gasteiger charge is -2.04. The Morgan fingerprint density at radius 3 is 2.63 bits per heavy atom. The quantitative estimate of drug-likeness (QED) is 0.678. The largest absolute Gasteiger partial charge is 0.268 e. The van der Waals surface area contributed by atoms with Crippen molar-refractivity contribution in [1.29, 1.82) is 0 Å². The van der Waals surface area contributed by atoms with Crippen LogP contribution >= 0.6 is 23.2 Å². The van der Waals surface area contributed by atoms with E-state index in [0.29, 0.717) is 15.6 Å². The lowest BCUT2D eigenvalue weighted by atomic mass is 10.2. The minimum absolute atomic E-state index is 0.188. The lowest BCUT2D eigenvalue weighted by molar-refractivity contribution is 0.0964. The van der Waals surface area contributed by atoms with Gasteiger partial charge in [-0.3, -0.25) is 9.36 Å². The van der Waals surface area contributed by atoms with Crippen LogP contribution < -0.4 is 0 Å². The number of hydrogen-bond donors (Lipinski definition) is 0. The molecule has 0 aliphatic carbocycles. The third-order valence-corrected chi connectivity index (χ3v) is 3.58. The van der Waals surface area contributed by atoms with Gasteiger partial charge in [-0.1, -0.05) is 35.3 Å². The summed E-state index contributed by atoms with van der Waals surface area (Å²) in [5, 5.41) is 0.783. The number of carbonyl (C=O) groups excluding carboxylic acids is 1. The van der Waals surface area contributed by atoms with Crippen LogP contribution in [0, 0.1) is 0 Å². The molecule has 2 aromatic carbocycles. The fraction of sp³-hybridized carbons (Fsp3) is 0. The zero-order chi connectivity index (χ0) is 13.4. The molecule has 1 heterocycles. The fourth-order valence-electron chi connectivity index (χ4n) is 1.89. The third-order valence-electron chi connectivity index (χ3n) is 2.84. The van der Waals surface area contributed by atoms with E-state index in [1.807, 2.05) is 24.3 Å². The van der Waals surface area contributed by atoms with Crippen molar-refractivity contribution in [3.63, 3.8) is 0 Å². The Morgan fingerprint density at radius 2 is 1.84 bits per heavy atom. The summed E-state index contributed by atoms with van der Waals surface area (Å²) in [4.78, 5) is 16.6. The number of halogens is 2. The molecule has 0 atom stereocenters. The first-order chi connectivity index (χ1) is 9.16. The fourth-order valence-corrected chi connectivity index (χ4v) is 2.19. The van der Waals surface area contributed by atoms with Crippen LogP contribution in [-0.2, 0) is 0 Å². The van der Waals surface area contributed by atoms with Gasteiger partial charge in [-0.2, -0.15) is 0 Å². The summed E-state index contributed by atoms with van der Waals surface area (Å²) in [6.45, 7) is 0. The summed E-state index contributed by atoms with van der Waals surface area (Å²) in [7, 11) is 0. The van der Waals surface area contributed by atoms with Crippen molar-refractivity contribution >= 4 is 40.1 Å². The smallest absolute Gasteiger partial charge is 0.263 e. The number of aromatic nitrogens is 2. The van der Waals surface area contributed by atoms with Crippen LogP contribution in [0.1, 0.15) is 10.4 Å². The molecule has 0 aliphatic heterocycles. The van der Waals surface area contributed by atoms with E-state index in [1.54, 1.807) is 18.2 Å². The van der Waals surface area contributed by atoms with Crippen molar-refractivity contribution in [3.8, 4) is 0 Å². The highest BCUT2D eigenvalue weighted by Crippen LogP contribution is 2.23. The highest BCUT2D eigenvalue weighted by molar-refractivity contribution is 6.42. The first-order valence-electron chi connectivity index (χ1n) is 5.58. The molecule has 0 unspecified atom stereocenters. The number of rotatable bonds is 1. The van der Waals surface area contributed by atoms with Gasteiger partial charge in [0, 0.05) is 5.56 Å². The van der Waals surface area contributed by atoms with Gasteiger partial charge in [0.15, 0.2) is 0 Å². The van der Waals surface area contributed by atoms with Gasteiger partial charge in [0.1, 0.15) is 6.33 Å². The molecule has 3 nitrogen and oxygen atoms in total. The second kappa shape index (κ2) is 4.68. The zero-order valence-corrected chi connectivity index (χ0v) is 11.2. The van der Waals surface area contributed by atoms with Crippen LogP contribution in [0.3, 0.4) is 0 Å². The highest BCUT2D eigenvalue weighted by atomic mass is 35.5. The predicted molar refractivity (Wildman–Crippen MR) is 75.9 cm³/mol. The molecule has 0 saturated carbocycles. The molecule has 3 aromatic rings. The van der Waals surface area contributed by atoms with E-state index < -0.39 is 0 Å². The van der Waals surface area contributed by atoms with E-state index in [-0.39, 0.29) is 5.91 Å². The van der Waals surface area contributed by atoms with Crippen LogP contribution in [0.2, 0.25) is 10.0 Å². The van der Waals surface area contributed by atoms with Crippen LogP contribution in [0.25, 0.3) is 11.0 Å². The monoisotopic (exact) mass is 290 g/mol. The van der Waals surface area contributed by atoms with Crippen LogP contribution in [-0.4, -0.2) is 15.5 Å². The Morgan fingerprint density at radius 1 is 1.05 bits per heavy atom. The van der Waals surface area contributed by atoms with Crippen molar-refractivity contribution in [2.75, 3.05) is 0 Å². The Hall–Kier alpha value is -1.84. The number of benzene rings is 2. The van der Waals surface area contributed by atoms with E-state index in [1.165, 1.54) is 10.9 Å². The molecular formula is C14H8Cl2N2O. The highest BCUT2D eigenvalue weighted by Gasteiger charge is 2.13. The van der Waals surface area contributed by atoms with Crippen molar-refractivity contribution in [2.45, 2.75) is 0 Å². The standard InChI is InChI=1S/C14H8Cl2N2O/c15-10-6-5-9(7-11(10)16)14(19)18-8-17-12-3-1-2-4-13(12)18/h1-8H. The van der Waals surface area contributed by atoms with Crippen LogP contribution in [0.5, 0.6) is 0 Å². The van der Waals surface area contributed by atoms with Gasteiger partial charge in [0.05, 0.1) is 21.1 Å². The molecular weight excluding hydrogens is 283 g/mol. The summed E-state index contributed by atoms with van der Waals surface area (Å²) in [6, 6.07) is 12.3. The SMILES string of the molecule is O=C(c1ccc(Cl)c(Cl)c1)n1cnc2ccccc21. The van der Waals surface area contributed by atoms with Crippen molar-refractivity contribution in [1.82, 2.24) is 9.55 Å². The van der Waals surface area contributed by atoms with E-state index in [4.69, 9.17) is 23.2 Å². The maximum atomic E-state index is 12.4. The minimum Gasteiger partial charge on any atom is -0.268 e. The van der Waals surface area contributed by atoms with Gasteiger partial charge in [-0.25, -0.2) is 4.98 Å². The molecule has 0 N–H and O–H groups in total. The van der Waals surface area contributed by atoms with Crippen molar-refractivity contribution in [3.05, 3.63) is 64.4 Å². The van der Waals surface area contributed by atoms with Gasteiger partial charge in [-0.05, 0) is 30.3 Å². The van der Waals surface area contributed by atoms with E-state index in [9.17, 15) is 4.79 Å². The van der Waals surface area contributed by atoms with Gasteiger partial charge in [0.2, 0.25) is 0 Å². The Labute approximate surface area is 119 Å². The van der Waals surface area contributed by atoms with Crippen molar-refractivity contribution in [2.24, 2.45) is 0 Å². The lowest BCUT2D eigenvalue weighted by Crippen LogP contribution is -2.10. The normalized spacial score (nSPS) is 10.8. The molecule has 94 valence electrons. The third kappa shape index (κ3) is 2.11. The first-order valence-corrected chi connectivity index (χ1v) is 6.34. The molecule has 0 fully saturated rings. The molecule has 0 saturated heterocycles. The minimum atomic E-state index is -0.188. The van der Waals surface area contributed by atoms with Crippen molar-refractivity contribution < 1.29 is 4.79 Å². The van der Waals surface area contributed by atoms with Gasteiger partial charge >= 0.3 is 0 Å². The van der Waals surface area contributed by atoms with E-state index >= 15 is 0 Å². The van der Waals surface area contributed by atoms with E-state index in [0.717, 1.165) is 11.0 Å². The first kappa shape index (κ1) is 12.2. The van der Waals surface area contributed by atoms with Gasteiger partial charge in [-0.15, -0.1) is 0 Å². The summed E-state index contributed by atoms with van der Waals surface area (Å²) in [5.41, 5.74) is 2.01. The molecule has 0 spiro atoms. The zero-order valence-electron chi connectivity index (χ0n) is 9.68.